The second kappa shape index (κ2) is 8.10. The quantitative estimate of drug-likeness (QED) is 0.515. The number of hydrogen-bond donors (Lipinski definition) is 2. The van der Waals surface area contributed by atoms with Gasteiger partial charge >= 0.3 is 0 Å². The van der Waals surface area contributed by atoms with E-state index in [9.17, 15) is 4.39 Å². The second-order valence-electron chi connectivity index (χ2n) is 7.58. The van der Waals surface area contributed by atoms with Crippen LogP contribution < -0.4 is 10.2 Å². The average Bonchev–Trinajstić information content (AvgIpc) is 3.36. The monoisotopic (exact) mass is 416 g/mol. The number of H-pyrrole nitrogens is 1. The Morgan fingerprint density at radius 1 is 0.935 bits per heavy atom. The summed E-state index contributed by atoms with van der Waals surface area (Å²) in [6, 6.07) is 17.1. The zero-order valence-electron chi connectivity index (χ0n) is 16.7. The molecule has 0 bridgehead atoms. The van der Waals surface area contributed by atoms with Gasteiger partial charge in [-0.3, -0.25) is 0 Å². The lowest BCUT2D eigenvalue weighted by molar-refractivity contribution is 0.372. The summed E-state index contributed by atoms with van der Waals surface area (Å²) in [5, 5.41) is 17.3. The highest BCUT2D eigenvalue weighted by Gasteiger charge is 2.37. The fraction of sp³-hybridized carbons (Fsp3) is 0.227. The number of para-hydroxylation sites is 1. The van der Waals surface area contributed by atoms with Gasteiger partial charge in [-0.25, -0.2) is 19.5 Å². The van der Waals surface area contributed by atoms with Crippen LogP contribution in [0, 0.1) is 5.82 Å². The Bertz CT molecular complexity index is 1110. The van der Waals surface area contributed by atoms with Crippen LogP contribution in [0.4, 0.5) is 16.0 Å². The molecule has 1 aliphatic heterocycles. The molecule has 4 aromatic rings. The van der Waals surface area contributed by atoms with Gasteiger partial charge in [-0.2, -0.15) is 0 Å². The van der Waals surface area contributed by atoms with Crippen LogP contribution >= 0.6 is 0 Å². The lowest BCUT2D eigenvalue weighted by Gasteiger charge is -2.43. The Labute approximate surface area is 178 Å². The molecule has 1 aliphatic rings. The predicted molar refractivity (Wildman–Crippen MR) is 115 cm³/mol. The van der Waals surface area contributed by atoms with E-state index in [1.807, 2.05) is 18.2 Å². The van der Waals surface area contributed by atoms with Crippen molar-refractivity contribution in [2.24, 2.45) is 0 Å². The first-order valence-corrected chi connectivity index (χ1v) is 10.1. The normalized spacial score (nSPS) is 15.6. The molecule has 2 aromatic carbocycles. The van der Waals surface area contributed by atoms with E-state index in [0.717, 1.165) is 31.5 Å². The van der Waals surface area contributed by atoms with Crippen LogP contribution in [-0.4, -0.2) is 43.7 Å². The highest BCUT2D eigenvalue weighted by Crippen LogP contribution is 2.37. The molecule has 156 valence electrons. The Balaban J connectivity index is 1.41. The summed E-state index contributed by atoms with van der Waals surface area (Å²) in [7, 11) is 0. The van der Waals surface area contributed by atoms with Gasteiger partial charge in [-0.1, -0.05) is 30.3 Å². The van der Waals surface area contributed by atoms with Crippen LogP contribution in [0.25, 0.3) is 11.4 Å². The lowest BCUT2D eigenvalue weighted by atomic mass is 9.80. The zero-order valence-corrected chi connectivity index (χ0v) is 16.7. The molecule has 0 spiro atoms. The highest BCUT2D eigenvalue weighted by atomic mass is 19.1. The van der Waals surface area contributed by atoms with Gasteiger partial charge in [0.1, 0.15) is 5.82 Å². The first-order chi connectivity index (χ1) is 15.2. The zero-order chi connectivity index (χ0) is 21.1. The van der Waals surface area contributed by atoms with E-state index in [1.165, 1.54) is 17.8 Å². The molecule has 1 saturated heterocycles. The van der Waals surface area contributed by atoms with Gasteiger partial charge < -0.3 is 10.2 Å². The number of halogens is 1. The van der Waals surface area contributed by atoms with Gasteiger partial charge in [0, 0.05) is 31.2 Å². The largest absolute Gasteiger partial charge is 0.371 e. The molecule has 0 atom stereocenters. The third kappa shape index (κ3) is 3.94. The fourth-order valence-electron chi connectivity index (χ4n) is 4.05. The standard InChI is InChI=1S/C22H21FN8/c23-18-8-6-17(7-9-18)22(10-12-31(13-11-22)19-4-2-1-3-5-19)26-21-24-14-16(15-25-21)20-27-29-30-28-20/h1-9,14-15H,10-13H2,(H,24,25,26)(H,27,28,29,30). The van der Waals surface area contributed by atoms with Crippen LogP contribution in [0.15, 0.2) is 67.0 Å². The molecule has 1 fully saturated rings. The number of benzene rings is 2. The number of hydrogen-bond acceptors (Lipinski definition) is 7. The van der Waals surface area contributed by atoms with Gasteiger partial charge in [0.2, 0.25) is 5.95 Å². The van der Waals surface area contributed by atoms with Crippen molar-refractivity contribution in [2.45, 2.75) is 18.4 Å². The molecule has 2 N–H and O–H groups in total. The molecule has 0 radical (unpaired) electrons. The summed E-state index contributed by atoms with van der Waals surface area (Å²) in [6.07, 6.45) is 5.00. The minimum atomic E-state index is -0.395. The molecule has 2 aromatic heterocycles. The summed E-state index contributed by atoms with van der Waals surface area (Å²) < 4.78 is 13.6. The summed E-state index contributed by atoms with van der Waals surface area (Å²) in [5.41, 5.74) is 2.53. The number of anilines is 2. The van der Waals surface area contributed by atoms with Gasteiger partial charge in [-0.05, 0) is 53.1 Å². The van der Waals surface area contributed by atoms with Crippen molar-refractivity contribution >= 4 is 11.6 Å². The number of aromatic amines is 1. The third-order valence-corrected chi connectivity index (χ3v) is 5.76. The van der Waals surface area contributed by atoms with E-state index < -0.39 is 5.54 Å². The molecular weight excluding hydrogens is 395 g/mol. The topological polar surface area (TPSA) is 95.5 Å². The van der Waals surface area contributed by atoms with E-state index in [1.54, 1.807) is 12.4 Å². The summed E-state index contributed by atoms with van der Waals surface area (Å²) in [6.45, 7) is 1.71. The van der Waals surface area contributed by atoms with E-state index in [4.69, 9.17) is 0 Å². The van der Waals surface area contributed by atoms with Crippen molar-refractivity contribution in [3.8, 4) is 11.4 Å². The van der Waals surface area contributed by atoms with Crippen molar-refractivity contribution in [3.05, 3.63) is 78.4 Å². The second-order valence-corrected chi connectivity index (χ2v) is 7.58. The number of tetrazole rings is 1. The smallest absolute Gasteiger partial charge is 0.223 e. The van der Waals surface area contributed by atoms with Crippen molar-refractivity contribution in [1.82, 2.24) is 30.6 Å². The Kier molecular flexibility index (Phi) is 4.99. The fourth-order valence-corrected chi connectivity index (χ4v) is 4.05. The van der Waals surface area contributed by atoms with Crippen LogP contribution in [0.3, 0.4) is 0 Å². The van der Waals surface area contributed by atoms with Gasteiger partial charge in [0.05, 0.1) is 11.1 Å². The Morgan fingerprint density at radius 3 is 2.29 bits per heavy atom. The minimum absolute atomic E-state index is 0.248. The molecule has 8 nitrogen and oxygen atoms in total. The van der Waals surface area contributed by atoms with Crippen LogP contribution in [0.5, 0.6) is 0 Å². The van der Waals surface area contributed by atoms with Gasteiger partial charge in [0.25, 0.3) is 0 Å². The maximum absolute atomic E-state index is 13.6. The third-order valence-electron chi connectivity index (χ3n) is 5.76. The molecule has 9 heteroatoms. The van der Waals surface area contributed by atoms with Crippen LogP contribution in [0.2, 0.25) is 0 Å². The Morgan fingerprint density at radius 2 is 1.65 bits per heavy atom. The van der Waals surface area contributed by atoms with E-state index in [0.29, 0.717) is 17.3 Å². The molecule has 5 rings (SSSR count). The predicted octanol–water partition coefficient (Wildman–Crippen LogP) is 3.40. The maximum Gasteiger partial charge on any atom is 0.223 e. The summed E-state index contributed by atoms with van der Waals surface area (Å²) in [5.74, 6) is 0.770. The van der Waals surface area contributed by atoms with Gasteiger partial charge in [-0.15, -0.1) is 5.10 Å². The molecule has 0 unspecified atom stereocenters. The van der Waals surface area contributed by atoms with E-state index in [-0.39, 0.29) is 5.82 Å². The lowest BCUT2D eigenvalue weighted by Crippen LogP contribution is -2.47. The number of nitrogens with one attached hydrogen (secondary N) is 2. The molecular formula is C22H21FN8. The van der Waals surface area contributed by atoms with E-state index in [2.05, 4.69) is 65.1 Å². The molecule has 0 aliphatic carbocycles. The maximum atomic E-state index is 13.6. The first-order valence-electron chi connectivity index (χ1n) is 10.1. The number of aromatic nitrogens is 6. The van der Waals surface area contributed by atoms with Crippen molar-refractivity contribution in [3.63, 3.8) is 0 Å². The molecule has 0 saturated carbocycles. The van der Waals surface area contributed by atoms with E-state index >= 15 is 0 Å². The summed E-state index contributed by atoms with van der Waals surface area (Å²) >= 11 is 0. The molecule has 3 heterocycles. The number of rotatable bonds is 5. The van der Waals surface area contributed by atoms with Crippen LogP contribution in [-0.2, 0) is 5.54 Å². The summed E-state index contributed by atoms with van der Waals surface area (Å²) in [4.78, 5) is 11.3. The van der Waals surface area contributed by atoms with Crippen molar-refractivity contribution in [1.29, 1.82) is 0 Å². The highest BCUT2D eigenvalue weighted by molar-refractivity contribution is 5.52. The van der Waals surface area contributed by atoms with Crippen molar-refractivity contribution < 1.29 is 4.39 Å². The SMILES string of the molecule is Fc1ccc(C2(Nc3ncc(-c4nnn[nH]4)cn3)CCN(c3ccccc3)CC2)cc1. The van der Waals surface area contributed by atoms with Crippen LogP contribution in [0.1, 0.15) is 18.4 Å². The van der Waals surface area contributed by atoms with Gasteiger partial charge in [0.15, 0.2) is 5.82 Å². The first kappa shape index (κ1) is 19.1. The molecule has 31 heavy (non-hydrogen) atoms. The average molecular weight is 416 g/mol. The van der Waals surface area contributed by atoms with Crippen molar-refractivity contribution in [2.75, 3.05) is 23.3 Å². The Hall–Kier alpha value is -3.88. The number of piperidine rings is 1. The molecule has 0 amide bonds. The minimum Gasteiger partial charge on any atom is -0.371 e. The number of nitrogens with zero attached hydrogens (tertiary/aromatic N) is 6.